The van der Waals surface area contributed by atoms with Crippen molar-refractivity contribution in [1.82, 2.24) is 19.9 Å². The van der Waals surface area contributed by atoms with Gasteiger partial charge in [-0.25, -0.2) is 13.8 Å². The Kier molecular flexibility index (Phi) is 8.77. The molecule has 0 unspecified atom stereocenters. The number of aromatic amines is 1. The number of halogens is 3. The summed E-state index contributed by atoms with van der Waals surface area (Å²) in [6.45, 7) is 9.84. The summed E-state index contributed by atoms with van der Waals surface area (Å²) < 4.78 is 52.5. The van der Waals surface area contributed by atoms with Crippen LogP contribution in [-0.2, 0) is 22.3 Å². The molecule has 1 aromatic carbocycles. The van der Waals surface area contributed by atoms with Crippen molar-refractivity contribution in [3.63, 3.8) is 0 Å². The monoisotopic (exact) mass is 580 g/mol. The first-order chi connectivity index (χ1) is 19.1. The molecule has 40 heavy (non-hydrogen) atoms. The maximum Gasteiger partial charge on any atom is 0.296 e. The first-order valence-corrected chi connectivity index (χ1v) is 14.0. The molecular formula is C28H35ClF2N4O5. The Morgan fingerprint density at radius 1 is 1.05 bits per heavy atom. The third-order valence-electron chi connectivity index (χ3n) is 7.39. The predicted octanol–water partition coefficient (Wildman–Crippen LogP) is 4.08. The molecule has 218 valence electrons. The molecule has 0 aliphatic carbocycles. The number of hydrogen-bond acceptors (Lipinski definition) is 8. The molecule has 5 rings (SSSR count). The van der Waals surface area contributed by atoms with E-state index in [0.29, 0.717) is 47.1 Å². The van der Waals surface area contributed by atoms with E-state index in [2.05, 4.69) is 47.5 Å². The van der Waals surface area contributed by atoms with Crippen LogP contribution in [0, 0.1) is 11.6 Å². The van der Waals surface area contributed by atoms with Gasteiger partial charge in [0.15, 0.2) is 11.8 Å². The van der Waals surface area contributed by atoms with E-state index >= 15 is 0 Å². The number of nitrogens with zero attached hydrogens (tertiary/aromatic N) is 3. The molecule has 2 N–H and O–H groups in total. The Balaban J connectivity index is 1.21. The molecule has 12 heteroatoms. The number of nitrogens with one attached hydrogen (secondary N) is 1. The fraction of sp³-hybridized carbons (Fsp3) is 0.571. The topological polar surface area (TPSA) is 102 Å². The quantitative estimate of drug-likeness (QED) is 0.350. The van der Waals surface area contributed by atoms with E-state index in [4.69, 9.17) is 30.5 Å². The molecule has 2 fully saturated rings. The zero-order valence-electron chi connectivity index (χ0n) is 23.0. The molecule has 3 aromatic rings. The first-order valence-electron chi connectivity index (χ1n) is 13.6. The standard InChI is InChI=1S/C28H35ClF2N4O5/c1-14(2)35(15(3)4)7-8-37-16-9-19(30)17(20(31)10-16)5-6-21-18(29)11-22-27(32-21)34-28(33-22)40-24-13-39-25-23(36)12-38-26(24)25/h9-11,14-15,23-26,36H,5-8,12-13H2,1-4H3,(H,32,33,34)/t23-,24-,25-,26-/m1/s1. The maximum absolute atomic E-state index is 14.9. The average molecular weight is 581 g/mol. The lowest BCUT2D eigenvalue weighted by molar-refractivity contribution is 0.00706. The number of fused-ring (bicyclic) bond motifs is 2. The summed E-state index contributed by atoms with van der Waals surface area (Å²) in [7, 11) is 0. The normalized spacial score (nSPS) is 22.7. The molecule has 0 amide bonds. The van der Waals surface area contributed by atoms with Crippen LogP contribution in [-0.4, -0.2) is 87.8 Å². The Morgan fingerprint density at radius 2 is 1.75 bits per heavy atom. The predicted molar refractivity (Wildman–Crippen MR) is 145 cm³/mol. The van der Waals surface area contributed by atoms with Gasteiger partial charge in [-0.2, -0.15) is 4.98 Å². The molecule has 2 saturated heterocycles. The highest BCUT2D eigenvalue weighted by atomic mass is 35.5. The van der Waals surface area contributed by atoms with Gasteiger partial charge in [0.1, 0.15) is 42.3 Å². The van der Waals surface area contributed by atoms with Gasteiger partial charge in [-0.05, 0) is 46.6 Å². The molecule has 0 spiro atoms. The van der Waals surface area contributed by atoms with Crippen LogP contribution in [0.2, 0.25) is 5.02 Å². The van der Waals surface area contributed by atoms with Gasteiger partial charge in [-0.3, -0.25) is 4.90 Å². The number of hydrogen-bond donors (Lipinski definition) is 2. The van der Waals surface area contributed by atoms with Gasteiger partial charge in [0.25, 0.3) is 6.01 Å². The van der Waals surface area contributed by atoms with Crippen molar-refractivity contribution in [3.05, 3.63) is 46.1 Å². The molecular weight excluding hydrogens is 546 g/mol. The van der Waals surface area contributed by atoms with Gasteiger partial charge in [0, 0.05) is 36.3 Å². The Bertz CT molecular complexity index is 1310. The highest BCUT2D eigenvalue weighted by Crippen LogP contribution is 2.30. The lowest BCUT2D eigenvalue weighted by Gasteiger charge is -2.30. The number of aliphatic hydroxyl groups is 1. The maximum atomic E-state index is 14.9. The molecule has 4 heterocycles. The fourth-order valence-electron chi connectivity index (χ4n) is 5.38. The van der Waals surface area contributed by atoms with E-state index in [1.807, 2.05) is 0 Å². The fourth-order valence-corrected chi connectivity index (χ4v) is 5.62. The van der Waals surface area contributed by atoms with Gasteiger partial charge < -0.3 is 29.0 Å². The number of aryl methyl sites for hydroxylation is 1. The summed E-state index contributed by atoms with van der Waals surface area (Å²) in [4.78, 5) is 14.2. The lowest BCUT2D eigenvalue weighted by atomic mass is 10.1. The van der Waals surface area contributed by atoms with Crippen molar-refractivity contribution in [3.8, 4) is 11.8 Å². The van der Waals surface area contributed by atoms with E-state index in [0.717, 1.165) is 0 Å². The number of imidazole rings is 1. The van der Waals surface area contributed by atoms with Crippen molar-refractivity contribution in [2.24, 2.45) is 0 Å². The Morgan fingerprint density at radius 3 is 2.45 bits per heavy atom. The number of H-pyrrole nitrogens is 1. The van der Waals surface area contributed by atoms with Crippen LogP contribution in [0.3, 0.4) is 0 Å². The van der Waals surface area contributed by atoms with E-state index in [1.54, 1.807) is 6.07 Å². The van der Waals surface area contributed by atoms with Crippen molar-refractivity contribution in [1.29, 1.82) is 0 Å². The minimum absolute atomic E-state index is 0.0561. The number of rotatable bonds is 11. The molecule has 2 aliphatic rings. The summed E-state index contributed by atoms with van der Waals surface area (Å²) >= 11 is 6.44. The van der Waals surface area contributed by atoms with E-state index in [1.165, 1.54) is 12.1 Å². The van der Waals surface area contributed by atoms with Crippen LogP contribution in [0.1, 0.15) is 39.0 Å². The van der Waals surface area contributed by atoms with Gasteiger partial charge in [-0.15, -0.1) is 0 Å². The minimum atomic E-state index is -0.680. The van der Waals surface area contributed by atoms with Crippen molar-refractivity contribution >= 4 is 22.8 Å². The smallest absolute Gasteiger partial charge is 0.296 e. The summed E-state index contributed by atoms with van der Waals surface area (Å²) in [5.41, 5.74) is 1.31. The summed E-state index contributed by atoms with van der Waals surface area (Å²) in [5.74, 6) is -1.20. The second-order valence-corrected chi connectivity index (χ2v) is 11.2. The van der Waals surface area contributed by atoms with Crippen molar-refractivity contribution in [2.75, 3.05) is 26.4 Å². The van der Waals surface area contributed by atoms with Crippen LogP contribution in [0.4, 0.5) is 8.78 Å². The van der Waals surface area contributed by atoms with E-state index in [-0.39, 0.29) is 49.5 Å². The number of ether oxygens (including phenoxy) is 4. The molecule has 0 radical (unpaired) electrons. The molecule has 0 bridgehead atoms. The molecule has 0 saturated carbocycles. The van der Waals surface area contributed by atoms with Gasteiger partial charge in [0.2, 0.25) is 0 Å². The van der Waals surface area contributed by atoms with Crippen LogP contribution in [0.25, 0.3) is 11.2 Å². The van der Waals surface area contributed by atoms with Crippen molar-refractivity contribution in [2.45, 2.75) is 77.0 Å². The first kappa shape index (κ1) is 28.9. The SMILES string of the molecule is CC(C)N(CCOc1cc(F)c(CCc2nc3nc(O[C@@H]4CO[C@H]5[C@@H]4OC[C@H]5O)[nH]c3cc2Cl)c(F)c1)C(C)C. The third kappa shape index (κ3) is 6.18. The molecule has 2 aromatic heterocycles. The molecule has 4 atom stereocenters. The zero-order chi connectivity index (χ0) is 28.6. The number of pyridine rings is 1. The zero-order valence-corrected chi connectivity index (χ0v) is 23.8. The number of aliphatic hydroxyl groups excluding tert-OH is 1. The highest BCUT2D eigenvalue weighted by molar-refractivity contribution is 6.31. The van der Waals surface area contributed by atoms with Crippen LogP contribution in [0.15, 0.2) is 18.2 Å². The highest BCUT2D eigenvalue weighted by Gasteiger charge is 2.48. The van der Waals surface area contributed by atoms with Crippen LogP contribution in [0.5, 0.6) is 11.8 Å². The van der Waals surface area contributed by atoms with Gasteiger partial charge in [-0.1, -0.05) is 11.6 Å². The number of benzene rings is 1. The van der Waals surface area contributed by atoms with Gasteiger partial charge in [0.05, 0.1) is 29.4 Å². The number of aromatic nitrogens is 3. The Labute approximate surface area is 236 Å². The summed E-state index contributed by atoms with van der Waals surface area (Å²) in [6, 6.07) is 4.98. The summed E-state index contributed by atoms with van der Waals surface area (Å²) in [6.07, 6.45) is -1.65. The molecule has 2 aliphatic heterocycles. The second-order valence-electron chi connectivity index (χ2n) is 10.8. The lowest BCUT2D eigenvalue weighted by Crippen LogP contribution is -2.39. The third-order valence-corrected chi connectivity index (χ3v) is 7.72. The average Bonchev–Trinajstić information content (AvgIpc) is 3.57. The van der Waals surface area contributed by atoms with Crippen LogP contribution >= 0.6 is 11.6 Å². The Hall–Kier alpha value is -2.57. The second kappa shape index (κ2) is 12.1. The largest absolute Gasteiger partial charge is 0.492 e. The molecule has 9 nitrogen and oxygen atoms in total. The summed E-state index contributed by atoms with van der Waals surface area (Å²) in [5, 5.41) is 10.3. The minimum Gasteiger partial charge on any atom is -0.492 e. The van der Waals surface area contributed by atoms with E-state index in [9.17, 15) is 13.9 Å². The van der Waals surface area contributed by atoms with Crippen LogP contribution < -0.4 is 9.47 Å². The van der Waals surface area contributed by atoms with Crippen molar-refractivity contribution < 1.29 is 32.8 Å². The van der Waals surface area contributed by atoms with Gasteiger partial charge >= 0.3 is 0 Å². The van der Waals surface area contributed by atoms with E-state index < -0.39 is 29.9 Å².